The molecule has 118 valence electrons. The monoisotopic (exact) mass is 403 g/mol. The normalized spacial score (nSPS) is 19.5. The SMILES string of the molecule is Cc1ccc(S(=O)(=O)N2CC[C@H](Oc3ncc(Br)cn3)C2)s1. The first kappa shape index (κ1) is 15.9. The summed E-state index contributed by atoms with van der Waals surface area (Å²) >= 11 is 4.54. The van der Waals surface area contributed by atoms with Gasteiger partial charge in [-0.15, -0.1) is 11.3 Å². The minimum absolute atomic E-state index is 0.225. The van der Waals surface area contributed by atoms with Gasteiger partial charge >= 0.3 is 6.01 Å². The Morgan fingerprint density at radius 3 is 2.73 bits per heavy atom. The third-order valence-corrected chi connectivity index (χ3v) is 7.03. The number of thiophene rings is 1. The molecule has 0 radical (unpaired) electrons. The number of ether oxygens (including phenoxy) is 1. The van der Waals surface area contributed by atoms with Crippen LogP contribution in [0.15, 0.2) is 33.2 Å². The van der Waals surface area contributed by atoms with Crippen molar-refractivity contribution in [2.75, 3.05) is 13.1 Å². The first-order chi connectivity index (χ1) is 10.4. The average molecular weight is 404 g/mol. The summed E-state index contributed by atoms with van der Waals surface area (Å²) in [5.74, 6) is 0. The number of sulfonamides is 1. The Hall–Kier alpha value is -1.03. The van der Waals surface area contributed by atoms with Gasteiger partial charge in [-0.3, -0.25) is 0 Å². The molecule has 2 aromatic rings. The van der Waals surface area contributed by atoms with Crippen LogP contribution in [0.5, 0.6) is 6.01 Å². The van der Waals surface area contributed by atoms with Crippen molar-refractivity contribution < 1.29 is 13.2 Å². The van der Waals surface area contributed by atoms with Crippen LogP contribution in [0.25, 0.3) is 0 Å². The van der Waals surface area contributed by atoms with Crippen LogP contribution in [-0.4, -0.2) is 41.9 Å². The van der Waals surface area contributed by atoms with Crippen LogP contribution in [0.3, 0.4) is 0 Å². The number of rotatable bonds is 4. The minimum atomic E-state index is -3.43. The van der Waals surface area contributed by atoms with Crippen molar-refractivity contribution >= 4 is 37.3 Å². The average Bonchev–Trinajstić information content (AvgIpc) is 3.11. The van der Waals surface area contributed by atoms with E-state index in [1.54, 1.807) is 18.5 Å². The second kappa shape index (κ2) is 6.23. The van der Waals surface area contributed by atoms with Gasteiger partial charge in [0.15, 0.2) is 0 Å². The van der Waals surface area contributed by atoms with Gasteiger partial charge in [0.2, 0.25) is 0 Å². The maximum Gasteiger partial charge on any atom is 0.316 e. The Morgan fingerprint density at radius 1 is 1.36 bits per heavy atom. The van der Waals surface area contributed by atoms with Crippen LogP contribution >= 0.6 is 27.3 Å². The second-order valence-corrected chi connectivity index (χ2v) is 9.31. The second-order valence-electron chi connectivity index (χ2n) is 4.94. The summed E-state index contributed by atoms with van der Waals surface area (Å²) < 4.78 is 33.3. The van der Waals surface area contributed by atoms with Gasteiger partial charge in [0.1, 0.15) is 10.3 Å². The van der Waals surface area contributed by atoms with Crippen molar-refractivity contribution in [1.29, 1.82) is 0 Å². The lowest BCUT2D eigenvalue weighted by molar-refractivity contribution is 0.197. The van der Waals surface area contributed by atoms with Gasteiger partial charge in [0, 0.05) is 23.8 Å². The Bertz CT molecular complexity index is 761. The lowest BCUT2D eigenvalue weighted by Gasteiger charge is -2.15. The zero-order valence-corrected chi connectivity index (χ0v) is 15.0. The molecule has 0 spiro atoms. The topological polar surface area (TPSA) is 72.4 Å². The molecule has 0 saturated carbocycles. The largest absolute Gasteiger partial charge is 0.459 e. The molecule has 0 unspecified atom stereocenters. The van der Waals surface area contributed by atoms with Crippen molar-refractivity contribution in [1.82, 2.24) is 14.3 Å². The Balaban J connectivity index is 1.68. The molecule has 1 fully saturated rings. The minimum Gasteiger partial charge on any atom is -0.459 e. The van der Waals surface area contributed by atoms with Crippen LogP contribution in [-0.2, 0) is 10.0 Å². The van der Waals surface area contributed by atoms with E-state index in [-0.39, 0.29) is 12.1 Å². The van der Waals surface area contributed by atoms with Crippen molar-refractivity contribution in [3.05, 3.63) is 33.9 Å². The van der Waals surface area contributed by atoms with E-state index in [1.807, 2.05) is 13.0 Å². The van der Waals surface area contributed by atoms with E-state index in [4.69, 9.17) is 4.74 Å². The standard InChI is InChI=1S/C13H14BrN3O3S2/c1-9-2-3-12(21-9)22(18,19)17-5-4-11(8-17)20-13-15-6-10(14)7-16-13/h2-3,6-7,11H,4-5,8H2,1H3/t11-/m0/s1. The van der Waals surface area contributed by atoms with Gasteiger partial charge < -0.3 is 4.74 Å². The van der Waals surface area contributed by atoms with E-state index in [0.717, 1.165) is 9.35 Å². The highest BCUT2D eigenvalue weighted by Gasteiger charge is 2.34. The number of aromatic nitrogens is 2. The molecule has 22 heavy (non-hydrogen) atoms. The molecule has 0 aromatic carbocycles. The number of aryl methyl sites for hydroxylation is 1. The molecule has 2 aromatic heterocycles. The van der Waals surface area contributed by atoms with Crippen LogP contribution < -0.4 is 4.74 Å². The number of nitrogens with zero attached hydrogens (tertiary/aromatic N) is 3. The molecule has 1 atom stereocenters. The van der Waals surface area contributed by atoms with Crippen molar-refractivity contribution in [3.8, 4) is 6.01 Å². The summed E-state index contributed by atoms with van der Waals surface area (Å²) in [5.41, 5.74) is 0. The molecule has 0 N–H and O–H groups in total. The summed E-state index contributed by atoms with van der Waals surface area (Å²) in [5, 5.41) is 0. The fourth-order valence-corrected chi connectivity index (χ4v) is 5.33. The third-order valence-electron chi connectivity index (χ3n) is 3.29. The lowest BCUT2D eigenvalue weighted by atomic mass is 10.3. The molecule has 0 amide bonds. The molecule has 0 aliphatic carbocycles. The summed E-state index contributed by atoms with van der Waals surface area (Å²) in [6, 6.07) is 3.73. The maximum absolute atomic E-state index is 12.5. The molecule has 0 bridgehead atoms. The van der Waals surface area contributed by atoms with E-state index < -0.39 is 10.0 Å². The van der Waals surface area contributed by atoms with Gasteiger partial charge in [0.25, 0.3) is 10.0 Å². The molecule has 1 aliphatic heterocycles. The maximum atomic E-state index is 12.5. The van der Waals surface area contributed by atoms with Crippen LogP contribution in [0, 0.1) is 6.92 Å². The molecule has 1 aliphatic rings. The van der Waals surface area contributed by atoms with Crippen LogP contribution in [0.2, 0.25) is 0 Å². The van der Waals surface area contributed by atoms with Gasteiger partial charge in [0.05, 0.1) is 11.0 Å². The number of halogens is 1. The first-order valence-electron chi connectivity index (χ1n) is 6.66. The zero-order chi connectivity index (χ0) is 15.7. The van der Waals surface area contributed by atoms with E-state index >= 15 is 0 Å². The van der Waals surface area contributed by atoms with E-state index in [2.05, 4.69) is 25.9 Å². The quantitative estimate of drug-likeness (QED) is 0.783. The predicted octanol–water partition coefficient (Wildman–Crippen LogP) is 2.45. The number of hydrogen-bond donors (Lipinski definition) is 0. The van der Waals surface area contributed by atoms with E-state index in [9.17, 15) is 8.42 Å². The zero-order valence-electron chi connectivity index (χ0n) is 11.8. The van der Waals surface area contributed by atoms with Crippen molar-refractivity contribution in [2.45, 2.75) is 23.7 Å². The molecular formula is C13H14BrN3O3S2. The van der Waals surface area contributed by atoms with Gasteiger partial charge in [-0.2, -0.15) is 4.31 Å². The van der Waals surface area contributed by atoms with Crippen LogP contribution in [0.1, 0.15) is 11.3 Å². The van der Waals surface area contributed by atoms with Gasteiger partial charge in [-0.05, 0) is 41.4 Å². The first-order valence-corrected chi connectivity index (χ1v) is 9.71. The Morgan fingerprint density at radius 2 is 2.09 bits per heavy atom. The van der Waals surface area contributed by atoms with Gasteiger partial charge in [-0.1, -0.05) is 0 Å². The van der Waals surface area contributed by atoms with Crippen LogP contribution in [0.4, 0.5) is 0 Å². The molecule has 3 rings (SSSR count). The van der Waals surface area contributed by atoms with Crippen molar-refractivity contribution in [2.24, 2.45) is 0 Å². The molecule has 9 heteroatoms. The molecule has 6 nitrogen and oxygen atoms in total. The number of hydrogen-bond acceptors (Lipinski definition) is 6. The van der Waals surface area contributed by atoms with E-state index in [0.29, 0.717) is 23.7 Å². The fourth-order valence-electron chi connectivity index (χ4n) is 2.20. The Kier molecular flexibility index (Phi) is 4.49. The smallest absolute Gasteiger partial charge is 0.316 e. The predicted molar refractivity (Wildman–Crippen MR) is 86.6 cm³/mol. The third kappa shape index (κ3) is 3.32. The summed E-state index contributed by atoms with van der Waals surface area (Å²) in [6.45, 7) is 2.66. The highest BCUT2D eigenvalue weighted by molar-refractivity contribution is 9.10. The highest BCUT2D eigenvalue weighted by Crippen LogP contribution is 2.27. The molecular weight excluding hydrogens is 390 g/mol. The lowest BCUT2D eigenvalue weighted by Crippen LogP contribution is -2.30. The molecule has 3 heterocycles. The van der Waals surface area contributed by atoms with Crippen molar-refractivity contribution in [3.63, 3.8) is 0 Å². The van der Waals surface area contributed by atoms with E-state index in [1.165, 1.54) is 15.6 Å². The van der Waals surface area contributed by atoms with Gasteiger partial charge in [-0.25, -0.2) is 18.4 Å². The fraction of sp³-hybridized carbons (Fsp3) is 0.385. The summed E-state index contributed by atoms with van der Waals surface area (Å²) in [4.78, 5) is 9.07. The Labute approximate surface area is 141 Å². The summed E-state index contributed by atoms with van der Waals surface area (Å²) in [6.07, 6.45) is 3.60. The summed E-state index contributed by atoms with van der Waals surface area (Å²) in [7, 11) is -3.43. The highest BCUT2D eigenvalue weighted by atomic mass is 79.9. The molecule has 1 saturated heterocycles.